The lowest BCUT2D eigenvalue weighted by Gasteiger charge is -2.22. The number of nitrogens with zero attached hydrogens (tertiary/aromatic N) is 1. The fraction of sp³-hybridized carbons (Fsp3) is 0.529. The van der Waals surface area contributed by atoms with E-state index in [1.54, 1.807) is 0 Å². The van der Waals surface area contributed by atoms with Crippen molar-refractivity contribution in [1.82, 2.24) is 4.90 Å². The van der Waals surface area contributed by atoms with E-state index in [1.807, 2.05) is 18.2 Å². The van der Waals surface area contributed by atoms with Crippen LogP contribution in [0.15, 0.2) is 18.2 Å². The van der Waals surface area contributed by atoms with E-state index in [9.17, 15) is 9.59 Å². The molecule has 3 rings (SSSR count). The lowest BCUT2D eigenvalue weighted by Crippen LogP contribution is -2.37. The molecule has 0 unspecified atom stereocenters. The molecule has 0 heterocycles. The summed E-state index contributed by atoms with van der Waals surface area (Å²) in [5, 5.41) is 9.01. The molecule has 1 N–H and O–H groups in total. The van der Waals surface area contributed by atoms with E-state index in [1.165, 1.54) is 28.9 Å². The van der Waals surface area contributed by atoms with Gasteiger partial charge in [-0.15, -0.1) is 0 Å². The number of hydrogen-bond donors (Lipinski definition) is 1. The molecule has 112 valence electrons. The van der Waals surface area contributed by atoms with Crippen molar-refractivity contribution in [3.8, 4) is 0 Å². The first-order valence-electron chi connectivity index (χ1n) is 7.76. The number of rotatable bonds is 5. The summed E-state index contributed by atoms with van der Waals surface area (Å²) < 4.78 is 0. The summed E-state index contributed by atoms with van der Waals surface area (Å²) in [5.74, 6) is -0.592. The monoisotopic (exact) mass is 287 g/mol. The van der Waals surface area contributed by atoms with Crippen molar-refractivity contribution in [2.45, 2.75) is 38.5 Å². The molecule has 1 saturated carbocycles. The van der Waals surface area contributed by atoms with Crippen molar-refractivity contribution in [2.24, 2.45) is 5.92 Å². The van der Waals surface area contributed by atoms with Crippen molar-refractivity contribution in [3.05, 3.63) is 34.9 Å². The average Bonchev–Trinajstić information content (AvgIpc) is 3.29. The highest BCUT2D eigenvalue weighted by Gasteiger charge is 2.28. The van der Waals surface area contributed by atoms with Crippen LogP contribution in [0.25, 0.3) is 0 Å². The maximum atomic E-state index is 12.6. The van der Waals surface area contributed by atoms with E-state index >= 15 is 0 Å². The van der Waals surface area contributed by atoms with Crippen LogP contribution >= 0.6 is 0 Å². The van der Waals surface area contributed by atoms with Gasteiger partial charge in [0.2, 0.25) is 0 Å². The maximum Gasteiger partial charge on any atom is 0.323 e. The Balaban J connectivity index is 1.79. The van der Waals surface area contributed by atoms with Crippen LogP contribution in [-0.2, 0) is 17.6 Å². The summed E-state index contributed by atoms with van der Waals surface area (Å²) in [5.41, 5.74) is 3.23. The SMILES string of the molecule is O=C(O)CN(CC1CC1)C(=O)c1ccc2c(c1)CCCC2. The highest BCUT2D eigenvalue weighted by molar-refractivity contribution is 5.96. The molecule has 0 bridgehead atoms. The van der Waals surface area contributed by atoms with Crippen LogP contribution in [0.5, 0.6) is 0 Å². The summed E-state index contributed by atoms with van der Waals surface area (Å²) >= 11 is 0. The van der Waals surface area contributed by atoms with Gasteiger partial charge in [0.25, 0.3) is 5.91 Å². The number of fused-ring (bicyclic) bond motifs is 1. The largest absolute Gasteiger partial charge is 0.480 e. The Morgan fingerprint density at radius 3 is 2.52 bits per heavy atom. The van der Waals surface area contributed by atoms with Crippen LogP contribution in [0.2, 0.25) is 0 Å². The van der Waals surface area contributed by atoms with Crippen LogP contribution in [0.4, 0.5) is 0 Å². The van der Waals surface area contributed by atoms with E-state index in [0.717, 1.165) is 25.7 Å². The summed E-state index contributed by atoms with van der Waals surface area (Å²) in [7, 11) is 0. The molecule has 0 radical (unpaired) electrons. The Morgan fingerprint density at radius 2 is 1.86 bits per heavy atom. The van der Waals surface area contributed by atoms with E-state index in [4.69, 9.17) is 5.11 Å². The normalized spacial score (nSPS) is 17.1. The molecule has 0 atom stereocenters. The van der Waals surface area contributed by atoms with Crippen molar-refractivity contribution >= 4 is 11.9 Å². The first-order valence-corrected chi connectivity index (χ1v) is 7.76. The Hall–Kier alpha value is -1.84. The van der Waals surface area contributed by atoms with Gasteiger partial charge in [0.1, 0.15) is 6.54 Å². The van der Waals surface area contributed by atoms with Crippen molar-refractivity contribution < 1.29 is 14.7 Å². The predicted molar refractivity (Wildman–Crippen MR) is 79.3 cm³/mol. The molecule has 2 aliphatic carbocycles. The average molecular weight is 287 g/mol. The zero-order chi connectivity index (χ0) is 14.8. The van der Waals surface area contributed by atoms with Crippen molar-refractivity contribution in [3.63, 3.8) is 0 Å². The van der Waals surface area contributed by atoms with Gasteiger partial charge in [0.15, 0.2) is 0 Å². The molecule has 1 fully saturated rings. The highest BCUT2D eigenvalue weighted by Crippen LogP contribution is 2.30. The van der Waals surface area contributed by atoms with Crippen LogP contribution in [0.3, 0.4) is 0 Å². The molecular weight excluding hydrogens is 266 g/mol. The molecule has 1 aromatic rings. The first kappa shape index (κ1) is 14.1. The number of amides is 1. The molecule has 1 amide bonds. The second-order valence-corrected chi connectivity index (χ2v) is 6.21. The molecule has 0 aliphatic heterocycles. The third kappa shape index (κ3) is 3.43. The van der Waals surface area contributed by atoms with E-state index in [0.29, 0.717) is 18.0 Å². The number of carbonyl (C=O) groups is 2. The van der Waals surface area contributed by atoms with E-state index in [2.05, 4.69) is 0 Å². The third-order valence-electron chi connectivity index (χ3n) is 4.38. The third-order valence-corrected chi connectivity index (χ3v) is 4.38. The van der Waals surface area contributed by atoms with Gasteiger partial charge in [-0.1, -0.05) is 6.07 Å². The minimum Gasteiger partial charge on any atom is -0.480 e. The van der Waals surface area contributed by atoms with Gasteiger partial charge in [-0.05, 0) is 67.7 Å². The van der Waals surface area contributed by atoms with E-state index < -0.39 is 5.97 Å². The summed E-state index contributed by atoms with van der Waals surface area (Å²) in [6.07, 6.45) is 6.71. The van der Waals surface area contributed by atoms with Crippen molar-refractivity contribution in [1.29, 1.82) is 0 Å². The molecule has 4 heteroatoms. The molecule has 1 aromatic carbocycles. The van der Waals surface area contributed by atoms with Gasteiger partial charge in [0, 0.05) is 12.1 Å². The molecule has 4 nitrogen and oxygen atoms in total. The fourth-order valence-corrected chi connectivity index (χ4v) is 3.04. The molecule has 0 saturated heterocycles. The quantitative estimate of drug-likeness (QED) is 0.905. The summed E-state index contributed by atoms with van der Waals surface area (Å²) in [6, 6.07) is 5.87. The van der Waals surface area contributed by atoms with Crippen molar-refractivity contribution in [2.75, 3.05) is 13.1 Å². The molecular formula is C17H21NO3. The minimum atomic E-state index is -0.943. The van der Waals surface area contributed by atoms with Crippen LogP contribution in [0.1, 0.15) is 47.2 Å². The Morgan fingerprint density at radius 1 is 1.14 bits per heavy atom. The van der Waals surface area contributed by atoms with Gasteiger partial charge in [-0.2, -0.15) is 0 Å². The van der Waals surface area contributed by atoms with Gasteiger partial charge >= 0.3 is 5.97 Å². The van der Waals surface area contributed by atoms with Gasteiger partial charge in [-0.25, -0.2) is 0 Å². The van der Waals surface area contributed by atoms with Gasteiger partial charge in [-0.3, -0.25) is 9.59 Å². The lowest BCUT2D eigenvalue weighted by atomic mass is 9.90. The Bertz CT molecular complexity index is 563. The predicted octanol–water partition coefficient (Wildman–Crippen LogP) is 2.50. The van der Waals surface area contributed by atoms with Crippen LogP contribution in [0, 0.1) is 5.92 Å². The Labute approximate surface area is 124 Å². The smallest absolute Gasteiger partial charge is 0.323 e. The highest BCUT2D eigenvalue weighted by atomic mass is 16.4. The number of benzene rings is 1. The fourth-order valence-electron chi connectivity index (χ4n) is 3.04. The maximum absolute atomic E-state index is 12.6. The Kier molecular flexibility index (Phi) is 3.95. The molecule has 2 aliphatic rings. The molecule has 0 aromatic heterocycles. The van der Waals surface area contributed by atoms with Crippen LogP contribution < -0.4 is 0 Å². The lowest BCUT2D eigenvalue weighted by molar-refractivity contribution is -0.137. The number of carbonyl (C=O) groups excluding carboxylic acids is 1. The molecule has 0 spiro atoms. The number of hydrogen-bond acceptors (Lipinski definition) is 2. The standard InChI is InChI=1S/C17H21NO3/c19-16(20)11-18(10-12-5-6-12)17(21)15-8-7-13-3-1-2-4-14(13)9-15/h7-9,12H,1-6,10-11H2,(H,19,20). The summed E-state index contributed by atoms with van der Waals surface area (Å²) in [4.78, 5) is 25.1. The van der Waals surface area contributed by atoms with E-state index in [-0.39, 0.29) is 12.5 Å². The molecule has 21 heavy (non-hydrogen) atoms. The summed E-state index contributed by atoms with van der Waals surface area (Å²) in [6.45, 7) is 0.370. The second kappa shape index (κ2) is 5.88. The van der Waals surface area contributed by atoms with Gasteiger partial charge < -0.3 is 10.0 Å². The van der Waals surface area contributed by atoms with Crippen LogP contribution in [-0.4, -0.2) is 35.0 Å². The number of carboxylic acids is 1. The number of aliphatic carboxylic acids is 1. The minimum absolute atomic E-state index is 0.141. The second-order valence-electron chi connectivity index (χ2n) is 6.21. The first-order chi connectivity index (χ1) is 10.1. The number of carboxylic acid groups (broad SMARTS) is 1. The van der Waals surface area contributed by atoms with Gasteiger partial charge in [0.05, 0.1) is 0 Å². The topological polar surface area (TPSA) is 57.6 Å². The zero-order valence-electron chi connectivity index (χ0n) is 12.2. The number of aryl methyl sites for hydroxylation is 2. The zero-order valence-corrected chi connectivity index (χ0v) is 12.2.